The Kier molecular flexibility index (Phi) is 2.78. The van der Waals surface area contributed by atoms with Gasteiger partial charge in [-0.15, -0.1) is 0 Å². The molecule has 0 aliphatic heterocycles. The van der Waals surface area contributed by atoms with Crippen LogP contribution < -0.4 is 11.1 Å². The minimum absolute atomic E-state index is 0.195. The average Bonchev–Trinajstić information content (AvgIpc) is 2.61. The number of carbonyl (C=O) groups is 1. The molecule has 0 bridgehead atoms. The number of oxazole rings is 1. The van der Waals surface area contributed by atoms with Crippen molar-refractivity contribution in [2.45, 2.75) is 13.8 Å². The second-order valence-electron chi connectivity index (χ2n) is 3.58. The zero-order valence-electron chi connectivity index (χ0n) is 9.52. The molecular formula is C11H12N4O2. The van der Waals surface area contributed by atoms with Crippen LogP contribution in [0.4, 0.5) is 11.5 Å². The van der Waals surface area contributed by atoms with E-state index in [1.165, 1.54) is 6.20 Å². The maximum absolute atomic E-state index is 11.8. The molecule has 0 aromatic carbocycles. The number of nitrogens with zero attached hydrogens (tertiary/aromatic N) is 2. The van der Waals surface area contributed by atoms with Gasteiger partial charge in [-0.2, -0.15) is 0 Å². The SMILES string of the molecule is Cc1nc(C)c(C(=O)Nc2ccc(N)cn2)o1. The summed E-state index contributed by atoms with van der Waals surface area (Å²) >= 11 is 0. The molecule has 1 amide bonds. The van der Waals surface area contributed by atoms with E-state index in [1.807, 2.05) is 0 Å². The number of hydrogen-bond donors (Lipinski definition) is 2. The van der Waals surface area contributed by atoms with Gasteiger partial charge in [0.2, 0.25) is 5.76 Å². The summed E-state index contributed by atoms with van der Waals surface area (Å²) in [7, 11) is 0. The molecule has 0 atom stereocenters. The van der Waals surface area contributed by atoms with Gasteiger partial charge in [-0.05, 0) is 19.1 Å². The normalized spacial score (nSPS) is 10.2. The number of nitrogens with one attached hydrogen (secondary N) is 1. The van der Waals surface area contributed by atoms with E-state index in [0.717, 1.165) is 0 Å². The Morgan fingerprint density at radius 2 is 2.18 bits per heavy atom. The van der Waals surface area contributed by atoms with Crippen LogP contribution >= 0.6 is 0 Å². The fourth-order valence-electron chi connectivity index (χ4n) is 1.39. The fraction of sp³-hybridized carbons (Fsp3) is 0.182. The number of carbonyl (C=O) groups excluding carboxylic acids is 1. The Bertz CT molecular complexity index is 545. The van der Waals surface area contributed by atoms with Gasteiger partial charge in [0.25, 0.3) is 5.91 Å². The Hall–Kier alpha value is -2.37. The first-order valence-corrected chi connectivity index (χ1v) is 5.03. The highest BCUT2D eigenvalue weighted by molar-refractivity contribution is 6.02. The Morgan fingerprint density at radius 1 is 1.41 bits per heavy atom. The van der Waals surface area contributed by atoms with Gasteiger partial charge >= 0.3 is 0 Å². The molecule has 2 aromatic rings. The molecule has 6 nitrogen and oxygen atoms in total. The maximum atomic E-state index is 11.8. The highest BCUT2D eigenvalue weighted by atomic mass is 16.4. The summed E-state index contributed by atoms with van der Waals surface area (Å²) in [5.41, 5.74) is 6.58. The molecule has 0 spiro atoms. The van der Waals surface area contributed by atoms with Crippen molar-refractivity contribution in [3.05, 3.63) is 35.7 Å². The van der Waals surface area contributed by atoms with E-state index in [0.29, 0.717) is 23.1 Å². The first kappa shape index (κ1) is 11.1. The van der Waals surface area contributed by atoms with Gasteiger partial charge in [0.1, 0.15) is 5.82 Å². The summed E-state index contributed by atoms with van der Waals surface area (Å²) in [4.78, 5) is 19.8. The predicted octanol–water partition coefficient (Wildman–Crippen LogP) is 1.52. The van der Waals surface area contributed by atoms with Gasteiger partial charge in [-0.1, -0.05) is 0 Å². The summed E-state index contributed by atoms with van der Waals surface area (Å²) in [5.74, 6) is 0.692. The summed E-state index contributed by atoms with van der Waals surface area (Å²) in [6, 6.07) is 3.27. The number of aryl methyl sites for hydroxylation is 2. The second-order valence-corrected chi connectivity index (χ2v) is 3.58. The van der Waals surface area contributed by atoms with Gasteiger partial charge in [-0.3, -0.25) is 4.79 Å². The Balaban J connectivity index is 2.17. The summed E-state index contributed by atoms with van der Waals surface area (Å²) in [5, 5.41) is 2.60. The minimum atomic E-state index is -0.375. The lowest BCUT2D eigenvalue weighted by molar-refractivity contribution is 0.0994. The predicted molar refractivity (Wildman–Crippen MR) is 62.6 cm³/mol. The van der Waals surface area contributed by atoms with Crippen molar-refractivity contribution in [2.75, 3.05) is 11.1 Å². The zero-order valence-corrected chi connectivity index (χ0v) is 9.52. The highest BCUT2D eigenvalue weighted by Gasteiger charge is 2.16. The summed E-state index contributed by atoms with van der Waals surface area (Å²) < 4.78 is 5.20. The van der Waals surface area contributed by atoms with Crippen LogP contribution in [0.25, 0.3) is 0 Å². The topological polar surface area (TPSA) is 94.0 Å². The van der Waals surface area contributed by atoms with E-state index < -0.39 is 0 Å². The molecule has 0 saturated carbocycles. The molecule has 2 heterocycles. The van der Waals surface area contributed by atoms with Crippen molar-refractivity contribution in [1.29, 1.82) is 0 Å². The van der Waals surface area contributed by atoms with E-state index in [-0.39, 0.29) is 11.7 Å². The highest BCUT2D eigenvalue weighted by Crippen LogP contribution is 2.12. The molecule has 88 valence electrons. The molecular weight excluding hydrogens is 220 g/mol. The van der Waals surface area contributed by atoms with Crippen LogP contribution in [0.3, 0.4) is 0 Å². The number of pyridine rings is 1. The molecule has 0 fully saturated rings. The Morgan fingerprint density at radius 3 is 2.71 bits per heavy atom. The Labute approximate surface area is 97.9 Å². The molecule has 0 unspecified atom stereocenters. The van der Waals surface area contributed by atoms with Crippen molar-refractivity contribution in [3.8, 4) is 0 Å². The van der Waals surface area contributed by atoms with Crippen molar-refractivity contribution in [1.82, 2.24) is 9.97 Å². The van der Waals surface area contributed by atoms with Crippen LogP contribution in [0, 0.1) is 13.8 Å². The zero-order chi connectivity index (χ0) is 12.4. The summed E-state index contributed by atoms with van der Waals surface area (Å²) in [6.45, 7) is 3.40. The number of hydrogen-bond acceptors (Lipinski definition) is 5. The molecule has 2 rings (SSSR count). The van der Waals surface area contributed by atoms with Gasteiger partial charge < -0.3 is 15.5 Å². The van der Waals surface area contributed by atoms with Crippen LogP contribution in [-0.2, 0) is 0 Å². The van der Waals surface area contributed by atoms with Crippen molar-refractivity contribution in [3.63, 3.8) is 0 Å². The molecule has 0 aliphatic rings. The number of amides is 1. The number of anilines is 2. The molecule has 0 radical (unpaired) electrons. The second kappa shape index (κ2) is 4.25. The molecule has 0 saturated heterocycles. The van der Waals surface area contributed by atoms with E-state index >= 15 is 0 Å². The van der Waals surface area contributed by atoms with Gasteiger partial charge in [-0.25, -0.2) is 9.97 Å². The van der Waals surface area contributed by atoms with Crippen LogP contribution in [0.5, 0.6) is 0 Å². The molecule has 0 aliphatic carbocycles. The van der Waals surface area contributed by atoms with Crippen molar-refractivity contribution >= 4 is 17.4 Å². The van der Waals surface area contributed by atoms with Crippen LogP contribution in [0.1, 0.15) is 22.1 Å². The molecule has 2 aromatic heterocycles. The van der Waals surface area contributed by atoms with Gasteiger partial charge in [0.15, 0.2) is 5.89 Å². The van der Waals surface area contributed by atoms with E-state index in [2.05, 4.69) is 15.3 Å². The largest absolute Gasteiger partial charge is 0.436 e. The van der Waals surface area contributed by atoms with Crippen LogP contribution in [0.2, 0.25) is 0 Å². The van der Waals surface area contributed by atoms with E-state index in [9.17, 15) is 4.79 Å². The van der Waals surface area contributed by atoms with Crippen molar-refractivity contribution < 1.29 is 9.21 Å². The third-order valence-corrected chi connectivity index (χ3v) is 2.14. The van der Waals surface area contributed by atoms with Crippen molar-refractivity contribution in [2.24, 2.45) is 0 Å². The van der Waals surface area contributed by atoms with Gasteiger partial charge in [0.05, 0.1) is 17.6 Å². The molecule has 6 heteroatoms. The van der Waals surface area contributed by atoms with Gasteiger partial charge in [0, 0.05) is 6.92 Å². The number of rotatable bonds is 2. The van der Waals surface area contributed by atoms with E-state index in [4.69, 9.17) is 10.2 Å². The summed E-state index contributed by atoms with van der Waals surface area (Å²) in [6.07, 6.45) is 1.47. The smallest absolute Gasteiger partial charge is 0.294 e. The monoisotopic (exact) mass is 232 g/mol. The maximum Gasteiger partial charge on any atom is 0.294 e. The third kappa shape index (κ3) is 2.41. The lowest BCUT2D eigenvalue weighted by Crippen LogP contribution is -2.13. The average molecular weight is 232 g/mol. The fourth-order valence-corrected chi connectivity index (χ4v) is 1.39. The lowest BCUT2D eigenvalue weighted by atomic mass is 10.3. The minimum Gasteiger partial charge on any atom is -0.436 e. The van der Waals surface area contributed by atoms with Crippen LogP contribution in [-0.4, -0.2) is 15.9 Å². The third-order valence-electron chi connectivity index (χ3n) is 2.14. The molecule has 3 N–H and O–H groups in total. The van der Waals surface area contributed by atoms with E-state index in [1.54, 1.807) is 26.0 Å². The number of nitrogen functional groups attached to an aromatic ring is 1. The number of aromatic nitrogens is 2. The number of nitrogens with two attached hydrogens (primary N) is 1. The quantitative estimate of drug-likeness (QED) is 0.818. The first-order chi connectivity index (χ1) is 8.06. The lowest BCUT2D eigenvalue weighted by Gasteiger charge is -2.02. The standard InChI is InChI=1S/C11H12N4O2/c1-6-10(17-7(2)14-6)11(16)15-9-4-3-8(12)5-13-9/h3-5H,12H2,1-2H3,(H,13,15,16). The van der Waals surface area contributed by atoms with Crippen LogP contribution in [0.15, 0.2) is 22.7 Å². The molecule has 17 heavy (non-hydrogen) atoms. The first-order valence-electron chi connectivity index (χ1n) is 5.03.